The van der Waals surface area contributed by atoms with Crippen LogP contribution in [-0.2, 0) is 10.2 Å². The second-order valence-electron chi connectivity index (χ2n) is 4.58. The molecule has 0 aliphatic rings. The Bertz CT molecular complexity index is 573. The molecule has 0 atom stereocenters. The molecule has 0 saturated carbocycles. The third kappa shape index (κ3) is 2.31. The van der Waals surface area contributed by atoms with Gasteiger partial charge in [-0.2, -0.15) is 0 Å². The van der Waals surface area contributed by atoms with Crippen LogP contribution in [-0.4, -0.2) is 21.0 Å². The van der Waals surface area contributed by atoms with Crippen molar-refractivity contribution in [1.29, 1.82) is 0 Å². The number of imidazole rings is 1. The number of hydrogen-bond acceptors (Lipinski definition) is 2. The first-order valence-corrected chi connectivity index (χ1v) is 6.25. The number of H-pyrrole nitrogens is 1. The summed E-state index contributed by atoms with van der Waals surface area (Å²) in [4.78, 5) is 18.4. The molecule has 0 aliphatic carbocycles. The first-order valence-electron chi connectivity index (χ1n) is 5.46. The van der Waals surface area contributed by atoms with Gasteiger partial charge >= 0.3 is 5.97 Å². The van der Waals surface area contributed by atoms with Gasteiger partial charge in [0.25, 0.3) is 0 Å². The van der Waals surface area contributed by atoms with E-state index in [0.29, 0.717) is 5.82 Å². The smallest absolute Gasteiger partial charge is 0.316 e. The van der Waals surface area contributed by atoms with E-state index >= 15 is 0 Å². The van der Waals surface area contributed by atoms with Crippen molar-refractivity contribution in [3.63, 3.8) is 0 Å². The number of nitrogens with one attached hydrogen (secondary N) is 1. The van der Waals surface area contributed by atoms with Crippen LogP contribution in [0.2, 0.25) is 0 Å². The number of aromatic nitrogens is 2. The molecule has 4 nitrogen and oxygen atoms in total. The van der Waals surface area contributed by atoms with E-state index in [-0.39, 0.29) is 0 Å². The molecule has 94 valence electrons. The van der Waals surface area contributed by atoms with Crippen LogP contribution in [0.3, 0.4) is 0 Å². The Morgan fingerprint density at radius 1 is 1.33 bits per heavy atom. The quantitative estimate of drug-likeness (QED) is 0.915. The Balaban J connectivity index is 2.37. The molecule has 0 saturated heterocycles. The third-order valence-electron chi connectivity index (χ3n) is 2.86. The molecule has 1 aromatic heterocycles. The standard InChI is InChI=1S/C13H13BrN2O2/c1-13(2,12(17)18)11-15-7-10(16-11)8-3-5-9(14)6-4-8/h3-7H,1-2H3,(H,15,16)(H,17,18). The summed E-state index contributed by atoms with van der Waals surface area (Å²) < 4.78 is 0.997. The molecule has 18 heavy (non-hydrogen) atoms. The summed E-state index contributed by atoms with van der Waals surface area (Å²) in [7, 11) is 0. The summed E-state index contributed by atoms with van der Waals surface area (Å²) in [6.07, 6.45) is 1.66. The molecule has 1 heterocycles. The average molecular weight is 309 g/mol. The fraction of sp³-hybridized carbons (Fsp3) is 0.231. The number of hydrogen-bond donors (Lipinski definition) is 2. The summed E-state index contributed by atoms with van der Waals surface area (Å²) in [6, 6.07) is 7.74. The highest BCUT2D eigenvalue weighted by molar-refractivity contribution is 9.10. The number of benzene rings is 1. The van der Waals surface area contributed by atoms with Gasteiger partial charge in [0.05, 0.1) is 11.9 Å². The second-order valence-corrected chi connectivity index (χ2v) is 5.50. The third-order valence-corrected chi connectivity index (χ3v) is 3.39. The van der Waals surface area contributed by atoms with Crippen molar-refractivity contribution in [1.82, 2.24) is 9.97 Å². The first kappa shape index (κ1) is 12.8. The Labute approximate surface area is 113 Å². The topological polar surface area (TPSA) is 66.0 Å². The highest BCUT2D eigenvalue weighted by Crippen LogP contribution is 2.25. The zero-order chi connectivity index (χ0) is 13.3. The van der Waals surface area contributed by atoms with Gasteiger partial charge in [-0.25, -0.2) is 4.98 Å². The van der Waals surface area contributed by atoms with Crippen molar-refractivity contribution < 1.29 is 9.90 Å². The lowest BCUT2D eigenvalue weighted by Crippen LogP contribution is -2.29. The number of rotatable bonds is 3. The fourth-order valence-corrected chi connectivity index (χ4v) is 1.78. The lowest BCUT2D eigenvalue weighted by molar-refractivity contribution is -0.142. The highest BCUT2D eigenvalue weighted by atomic mass is 79.9. The zero-order valence-corrected chi connectivity index (χ0v) is 11.7. The molecule has 1 aromatic carbocycles. The van der Waals surface area contributed by atoms with E-state index in [1.165, 1.54) is 0 Å². The number of nitrogens with zero attached hydrogens (tertiary/aromatic N) is 1. The molecular weight excluding hydrogens is 296 g/mol. The molecular formula is C13H13BrN2O2. The van der Waals surface area contributed by atoms with Crippen molar-refractivity contribution in [2.75, 3.05) is 0 Å². The van der Waals surface area contributed by atoms with E-state index < -0.39 is 11.4 Å². The van der Waals surface area contributed by atoms with Gasteiger partial charge < -0.3 is 10.1 Å². The maximum atomic E-state index is 11.1. The number of carboxylic acids is 1. The lowest BCUT2D eigenvalue weighted by Gasteiger charge is -2.15. The van der Waals surface area contributed by atoms with Crippen molar-refractivity contribution in [2.45, 2.75) is 19.3 Å². The van der Waals surface area contributed by atoms with Crippen LogP contribution in [0, 0.1) is 0 Å². The SMILES string of the molecule is CC(C)(C(=O)O)c1ncc(-c2ccc(Br)cc2)[nH]1. The molecule has 0 radical (unpaired) electrons. The number of aromatic amines is 1. The van der Waals surface area contributed by atoms with Crippen molar-refractivity contribution >= 4 is 21.9 Å². The second kappa shape index (κ2) is 4.57. The van der Waals surface area contributed by atoms with E-state index in [1.807, 2.05) is 24.3 Å². The first-order chi connectivity index (χ1) is 8.41. The van der Waals surface area contributed by atoms with E-state index in [4.69, 9.17) is 5.11 Å². The summed E-state index contributed by atoms with van der Waals surface area (Å²) >= 11 is 3.37. The Kier molecular flexibility index (Phi) is 3.26. The maximum Gasteiger partial charge on any atom is 0.316 e. The molecule has 0 amide bonds. The van der Waals surface area contributed by atoms with Crippen LogP contribution < -0.4 is 0 Å². The maximum absolute atomic E-state index is 11.1. The number of carbonyl (C=O) groups is 1. The zero-order valence-electron chi connectivity index (χ0n) is 10.1. The summed E-state index contributed by atoms with van der Waals surface area (Å²) in [6.45, 7) is 3.25. The van der Waals surface area contributed by atoms with Crippen molar-refractivity contribution in [3.05, 3.63) is 40.8 Å². The van der Waals surface area contributed by atoms with Crippen LogP contribution in [0.5, 0.6) is 0 Å². The van der Waals surface area contributed by atoms with E-state index in [9.17, 15) is 4.79 Å². The number of aliphatic carboxylic acids is 1. The minimum atomic E-state index is -1.02. The van der Waals surface area contributed by atoms with E-state index in [2.05, 4.69) is 25.9 Å². The molecule has 0 spiro atoms. The molecule has 2 aromatic rings. The normalized spacial score (nSPS) is 11.5. The van der Waals surface area contributed by atoms with Gasteiger partial charge in [-0.05, 0) is 31.5 Å². The fourth-order valence-electron chi connectivity index (χ4n) is 1.52. The molecule has 2 rings (SSSR count). The van der Waals surface area contributed by atoms with Crippen LogP contribution in [0.25, 0.3) is 11.3 Å². The summed E-state index contributed by atoms with van der Waals surface area (Å²) in [5.41, 5.74) is 0.762. The highest BCUT2D eigenvalue weighted by Gasteiger charge is 2.32. The van der Waals surface area contributed by atoms with E-state index in [1.54, 1.807) is 20.0 Å². The largest absolute Gasteiger partial charge is 0.481 e. The summed E-state index contributed by atoms with van der Waals surface area (Å²) in [5, 5.41) is 9.14. The van der Waals surface area contributed by atoms with Gasteiger partial charge in [-0.3, -0.25) is 4.79 Å². The van der Waals surface area contributed by atoms with Gasteiger partial charge in [0.1, 0.15) is 11.2 Å². The molecule has 2 N–H and O–H groups in total. The Hall–Kier alpha value is -1.62. The van der Waals surface area contributed by atoms with Crippen LogP contribution in [0.1, 0.15) is 19.7 Å². The Morgan fingerprint density at radius 3 is 2.50 bits per heavy atom. The Morgan fingerprint density at radius 2 is 1.94 bits per heavy atom. The number of carboxylic acid groups (broad SMARTS) is 1. The van der Waals surface area contributed by atoms with Gasteiger partial charge in [0, 0.05) is 4.47 Å². The molecule has 0 bridgehead atoms. The van der Waals surface area contributed by atoms with E-state index in [0.717, 1.165) is 15.7 Å². The van der Waals surface area contributed by atoms with Gasteiger partial charge in [0.15, 0.2) is 0 Å². The predicted octanol–water partition coefficient (Wildman–Crippen LogP) is 3.20. The predicted molar refractivity (Wildman–Crippen MR) is 72.4 cm³/mol. The molecule has 0 aliphatic heterocycles. The monoisotopic (exact) mass is 308 g/mol. The van der Waals surface area contributed by atoms with Crippen LogP contribution in [0.4, 0.5) is 0 Å². The van der Waals surface area contributed by atoms with Crippen LogP contribution >= 0.6 is 15.9 Å². The molecule has 0 unspecified atom stereocenters. The molecule has 0 fully saturated rings. The van der Waals surface area contributed by atoms with Crippen molar-refractivity contribution in [2.24, 2.45) is 0 Å². The van der Waals surface area contributed by atoms with Crippen LogP contribution in [0.15, 0.2) is 34.9 Å². The number of halogens is 1. The minimum Gasteiger partial charge on any atom is -0.481 e. The lowest BCUT2D eigenvalue weighted by atomic mass is 9.93. The van der Waals surface area contributed by atoms with Gasteiger partial charge in [-0.1, -0.05) is 28.1 Å². The van der Waals surface area contributed by atoms with Gasteiger partial charge in [-0.15, -0.1) is 0 Å². The van der Waals surface area contributed by atoms with Crippen molar-refractivity contribution in [3.8, 4) is 11.3 Å². The minimum absolute atomic E-state index is 0.452. The average Bonchev–Trinajstić information content (AvgIpc) is 2.79. The summed E-state index contributed by atoms with van der Waals surface area (Å²) in [5.74, 6) is -0.452. The van der Waals surface area contributed by atoms with Gasteiger partial charge in [0.2, 0.25) is 0 Å². The molecule has 5 heteroatoms.